The van der Waals surface area contributed by atoms with Gasteiger partial charge in [0.05, 0.1) is 19.9 Å². The van der Waals surface area contributed by atoms with Gasteiger partial charge in [-0.1, -0.05) is 6.07 Å². The fourth-order valence-corrected chi connectivity index (χ4v) is 3.08. The van der Waals surface area contributed by atoms with Crippen LogP contribution in [0.3, 0.4) is 0 Å². The van der Waals surface area contributed by atoms with Crippen molar-refractivity contribution in [2.75, 3.05) is 58.4 Å². The molecule has 0 spiro atoms. The molecule has 0 radical (unpaired) electrons. The first-order valence-electron chi connectivity index (χ1n) is 9.17. The van der Waals surface area contributed by atoms with Gasteiger partial charge in [-0.2, -0.15) is 0 Å². The topological polar surface area (TPSA) is 62.2 Å². The first kappa shape index (κ1) is 22.1. The second-order valence-electron chi connectivity index (χ2n) is 6.19. The molecule has 1 N–H and O–H groups in total. The molecule has 0 aliphatic carbocycles. The van der Waals surface area contributed by atoms with Crippen LogP contribution in [0.2, 0.25) is 0 Å². The number of piperazine rings is 1. The lowest BCUT2D eigenvalue weighted by Gasteiger charge is -2.37. The molecule has 1 aromatic carbocycles. The third-order valence-corrected chi connectivity index (χ3v) is 4.50. The number of aromatic nitrogens is 1. The highest BCUT2D eigenvalue weighted by Gasteiger charge is 2.20. The maximum Gasteiger partial charge on any atom is 0.193 e. The minimum atomic E-state index is 0. The van der Waals surface area contributed by atoms with Crippen molar-refractivity contribution in [2.24, 2.45) is 4.99 Å². The van der Waals surface area contributed by atoms with Crippen molar-refractivity contribution in [3.05, 3.63) is 48.8 Å². The van der Waals surface area contributed by atoms with E-state index in [1.807, 2.05) is 31.3 Å². The van der Waals surface area contributed by atoms with Crippen LogP contribution in [0.4, 0.5) is 5.69 Å². The molecule has 1 aromatic heterocycles. The molecule has 1 aliphatic rings. The Morgan fingerprint density at radius 1 is 1.14 bits per heavy atom. The number of nitrogens with zero attached hydrogens (tertiary/aromatic N) is 4. The molecule has 3 rings (SSSR count). The van der Waals surface area contributed by atoms with E-state index in [0.717, 1.165) is 43.6 Å². The van der Waals surface area contributed by atoms with Crippen LogP contribution in [0.5, 0.6) is 11.5 Å². The van der Waals surface area contributed by atoms with Gasteiger partial charge in [0.15, 0.2) is 5.96 Å². The Hall–Kier alpha value is -2.23. The van der Waals surface area contributed by atoms with E-state index < -0.39 is 0 Å². The van der Waals surface area contributed by atoms with Crippen molar-refractivity contribution in [3.63, 3.8) is 0 Å². The number of halogens is 1. The lowest BCUT2D eigenvalue weighted by molar-refractivity contribution is 0.314. The van der Waals surface area contributed by atoms with Crippen LogP contribution < -0.4 is 19.7 Å². The summed E-state index contributed by atoms with van der Waals surface area (Å²) in [5.74, 6) is 2.58. The molecule has 0 unspecified atom stereocenters. The number of hydrogen-bond acceptors (Lipinski definition) is 5. The van der Waals surface area contributed by atoms with Crippen LogP contribution in [-0.2, 0) is 0 Å². The van der Waals surface area contributed by atoms with E-state index in [1.54, 1.807) is 19.5 Å². The standard InChI is InChI=1S/C20H27N5O2.HI/c1-21-20(23-9-14-27-19-7-4-8-22-16-19)25-12-10-24(11-13-25)17-5-3-6-18(15-17)26-2;/h3-8,15-16H,9-14H2,1-2H3,(H,21,23);1H. The van der Waals surface area contributed by atoms with Crippen molar-refractivity contribution in [3.8, 4) is 11.5 Å². The number of ether oxygens (including phenoxy) is 2. The zero-order valence-corrected chi connectivity index (χ0v) is 18.7. The van der Waals surface area contributed by atoms with Crippen molar-refractivity contribution in [2.45, 2.75) is 0 Å². The summed E-state index contributed by atoms with van der Waals surface area (Å²) >= 11 is 0. The van der Waals surface area contributed by atoms with E-state index in [0.29, 0.717) is 13.2 Å². The summed E-state index contributed by atoms with van der Waals surface area (Å²) in [4.78, 5) is 13.1. The monoisotopic (exact) mass is 497 g/mol. The van der Waals surface area contributed by atoms with Gasteiger partial charge >= 0.3 is 0 Å². The van der Waals surface area contributed by atoms with Crippen LogP contribution in [0.25, 0.3) is 0 Å². The molecule has 7 nitrogen and oxygen atoms in total. The Labute approximate surface area is 183 Å². The zero-order chi connectivity index (χ0) is 18.9. The van der Waals surface area contributed by atoms with Crippen LogP contribution >= 0.6 is 24.0 Å². The van der Waals surface area contributed by atoms with Gasteiger partial charge in [-0.25, -0.2) is 0 Å². The Kier molecular flexibility index (Phi) is 9.12. The minimum Gasteiger partial charge on any atom is -0.497 e. The zero-order valence-electron chi connectivity index (χ0n) is 16.4. The molecule has 0 bridgehead atoms. The van der Waals surface area contributed by atoms with E-state index in [2.05, 4.69) is 37.2 Å². The van der Waals surface area contributed by atoms with Crippen molar-refractivity contribution in [1.29, 1.82) is 0 Å². The average molecular weight is 497 g/mol. The predicted molar refractivity (Wildman–Crippen MR) is 123 cm³/mol. The van der Waals surface area contributed by atoms with Gasteiger partial charge in [0, 0.05) is 51.2 Å². The number of hydrogen-bond donors (Lipinski definition) is 1. The van der Waals surface area contributed by atoms with Gasteiger partial charge in [0.2, 0.25) is 0 Å². The molecule has 152 valence electrons. The van der Waals surface area contributed by atoms with Crippen molar-refractivity contribution >= 4 is 35.6 Å². The molecule has 0 saturated carbocycles. The van der Waals surface area contributed by atoms with Gasteiger partial charge in [0.25, 0.3) is 0 Å². The van der Waals surface area contributed by atoms with Crippen molar-refractivity contribution in [1.82, 2.24) is 15.2 Å². The quantitative estimate of drug-likeness (QED) is 0.287. The summed E-state index contributed by atoms with van der Waals surface area (Å²) in [5.41, 5.74) is 1.20. The van der Waals surface area contributed by atoms with Gasteiger partial charge < -0.3 is 24.6 Å². The second kappa shape index (κ2) is 11.6. The van der Waals surface area contributed by atoms with Crippen LogP contribution in [0.15, 0.2) is 53.8 Å². The SMILES string of the molecule is CN=C(NCCOc1cccnc1)N1CCN(c2cccc(OC)c2)CC1.I. The largest absolute Gasteiger partial charge is 0.497 e. The highest BCUT2D eigenvalue weighted by molar-refractivity contribution is 14.0. The summed E-state index contributed by atoms with van der Waals surface area (Å²) in [7, 11) is 3.52. The number of rotatable bonds is 6. The second-order valence-corrected chi connectivity index (χ2v) is 6.19. The first-order valence-corrected chi connectivity index (χ1v) is 9.17. The Bertz CT molecular complexity index is 736. The van der Waals surface area contributed by atoms with Crippen molar-refractivity contribution < 1.29 is 9.47 Å². The molecule has 8 heteroatoms. The van der Waals surface area contributed by atoms with Gasteiger partial charge in [-0.15, -0.1) is 24.0 Å². The molecule has 1 fully saturated rings. The lowest BCUT2D eigenvalue weighted by Crippen LogP contribution is -2.53. The van der Waals surface area contributed by atoms with E-state index in [9.17, 15) is 0 Å². The van der Waals surface area contributed by atoms with Gasteiger partial charge in [-0.05, 0) is 24.3 Å². The maximum absolute atomic E-state index is 5.67. The van der Waals surface area contributed by atoms with E-state index in [-0.39, 0.29) is 24.0 Å². The fourth-order valence-electron chi connectivity index (χ4n) is 3.08. The predicted octanol–water partition coefficient (Wildman–Crippen LogP) is 2.48. The molecular weight excluding hydrogens is 469 g/mol. The molecule has 0 atom stereocenters. The summed E-state index contributed by atoms with van der Waals surface area (Å²) in [6.07, 6.45) is 3.45. The number of aliphatic imine (C=N–C) groups is 1. The number of benzene rings is 1. The molecule has 1 saturated heterocycles. The van der Waals surface area contributed by atoms with Gasteiger partial charge in [-0.3, -0.25) is 9.98 Å². The molecule has 1 aliphatic heterocycles. The normalized spacial score (nSPS) is 14.3. The Balaban J connectivity index is 0.00000280. The summed E-state index contributed by atoms with van der Waals surface area (Å²) in [6, 6.07) is 12.0. The van der Waals surface area contributed by atoms with Crippen LogP contribution in [-0.4, -0.2) is 69.3 Å². The third-order valence-electron chi connectivity index (χ3n) is 4.50. The molecule has 2 heterocycles. The highest BCUT2D eigenvalue weighted by Crippen LogP contribution is 2.22. The minimum absolute atomic E-state index is 0. The highest BCUT2D eigenvalue weighted by atomic mass is 127. The van der Waals surface area contributed by atoms with Crippen LogP contribution in [0.1, 0.15) is 0 Å². The summed E-state index contributed by atoms with van der Waals surface area (Å²) < 4.78 is 11.0. The third kappa shape index (κ3) is 6.15. The summed E-state index contributed by atoms with van der Waals surface area (Å²) in [5, 5.41) is 3.37. The number of nitrogens with one attached hydrogen (secondary N) is 1. The molecular formula is C20H28IN5O2. The average Bonchev–Trinajstić information content (AvgIpc) is 2.75. The smallest absolute Gasteiger partial charge is 0.193 e. The van der Waals surface area contributed by atoms with E-state index in [4.69, 9.17) is 9.47 Å². The maximum atomic E-state index is 5.67. The van der Waals surface area contributed by atoms with E-state index >= 15 is 0 Å². The first-order chi connectivity index (χ1) is 13.3. The Morgan fingerprint density at radius 3 is 2.61 bits per heavy atom. The fraction of sp³-hybridized carbons (Fsp3) is 0.400. The number of anilines is 1. The number of pyridine rings is 1. The molecule has 28 heavy (non-hydrogen) atoms. The lowest BCUT2D eigenvalue weighted by atomic mass is 10.2. The number of methoxy groups -OCH3 is 1. The van der Waals surface area contributed by atoms with E-state index in [1.165, 1.54) is 5.69 Å². The molecule has 0 amide bonds. The summed E-state index contributed by atoms with van der Waals surface area (Å²) in [6.45, 7) is 4.98. The van der Waals surface area contributed by atoms with Crippen LogP contribution in [0, 0.1) is 0 Å². The molecule has 2 aromatic rings. The van der Waals surface area contributed by atoms with Gasteiger partial charge in [0.1, 0.15) is 18.1 Å². The Morgan fingerprint density at radius 2 is 1.93 bits per heavy atom. The number of guanidine groups is 1.